The minimum Gasteiger partial charge on any atom is -0.462 e. The minimum absolute atomic E-state index is 0.145. The van der Waals surface area contributed by atoms with Crippen molar-refractivity contribution in [2.75, 3.05) is 26.2 Å². The second kappa shape index (κ2) is 5.75. The van der Waals surface area contributed by atoms with Gasteiger partial charge in [0.1, 0.15) is 0 Å². The maximum Gasteiger partial charge on any atom is 0.340 e. The van der Waals surface area contributed by atoms with Crippen molar-refractivity contribution in [2.24, 2.45) is 0 Å². The number of nitrogens with zero attached hydrogens (tertiary/aromatic N) is 1. The van der Waals surface area contributed by atoms with Crippen LogP contribution in [-0.4, -0.2) is 37.2 Å². The highest BCUT2D eigenvalue weighted by molar-refractivity contribution is 5.90. The average molecular weight is 235 g/mol. The molecule has 0 spiro atoms. The van der Waals surface area contributed by atoms with Crippen molar-refractivity contribution in [3.63, 3.8) is 0 Å². The van der Waals surface area contributed by atoms with E-state index in [-0.39, 0.29) is 12.0 Å². The van der Waals surface area contributed by atoms with Crippen LogP contribution in [-0.2, 0) is 4.74 Å². The van der Waals surface area contributed by atoms with Gasteiger partial charge in [0.2, 0.25) is 0 Å². The standard InChI is InChI=1S/C12H17N3O2/c1-2-17-12(16)10-7-13-4-3-9(10)11-8-14-5-6-15-11/h3-4,7,11,14-15H,2,5-6,8H2,1H3. The molecule has 5 nitrogen and oxygen atoms in total. The van der Waals surface area contributed by atoms with Crippen LogP contribution < -0.4 is 10.6 Å². The Labute approximate surface area is 101 Å². The van der Waals surface area contributed by atoms with Gasteiger partial charge in [-0.05, 0) is 18.6 Å². The highest BCUT2D eigenvalue weighted by Gasteiger charge is 2.21. The molecular weight excluding hydrogens is 218 g/mol. The van der Waals surface area contributed by atoms with Crippen LogP contribution in [0.5, 0.6) is 0 Å². The van der Waals surface area contributed by atoms with E-state index in [4.69, 9.17) is 4.74 Å². The zero-order valence-corrected chi connectivity index (χ0v) is 9.90. The molecule has 0 amide bonds. The van der Waals surface area contributed by atoms with Crippen LogP contribution in [0.15, 0.2) is 18.5 Å². The van der Waals surface area contributed by atoms with E-state index in [1.54, 1.807) is 19.3 Å². The van der Waals surface area contributed by atoms with Crippen molar-refractivity contribution >= 4 is 5.97 Å². The molecule has 17 heavy (non-hydrogen) atoms. The third-order valence-electron chi connectivity index (χ3n) is 2.77. The smallest absolute Gasteiger partial charge is 0.340 e. The highest BCUT2D eigenvalue weighted by atomic mass is 16.5. The van der Waals surface area contributed by atoms with Crippen LogP contribution in [0.1, 0.15) is 28.9 Å². The summed E-state index contributed by atoms with van der Waals surface area (Å²) in [5.74, 6) is -0.303. The number of hydrogen-bond donors (Lipinski definition) is 2. The van der Waals surface area contributed by atoms with Crippen molar-refractivity contribution < 1.29 is 9.53 Å². The van der Waals surface area contributed by atoms with Crippen LogP contribution in [0, 0.1) is 0 Å². The van der Waals surface area contributed by atoms with Gasteiger partial charge in [0, 0.05) is 38.1 Å². The molecule has 1 aliphatic rings. The summed E-state index contributed by atoms with van der Waals surface area (Å²) in [5.41, 5.74) is 1.50. The first kappa shape index (κ1) is 12.0. The molecule has 2 heterocycles. The van der Waals surface area contributed by atoms with Gasteiger partial charge >= 0.3 is 5.97 Å². The average Bonchev–Trinajstić information content (AvgIpc) is 2.40. The molecular formula is C12H17N3O2. The van der Waals surface area contributed by atoms with Gasteiger partial charge in [-0.2, -0.15) is 0 Å². The van der Waals surface area contributed by atoms with Gasteiger partial charge in [-0.3, -0.25) is 4.98 Å². The minimum atomic E-state index is -0.303. The molecule has 0 bridgehead atoms. The molecule has 1 unspecified atom stereocenters. The van der Waals surface area contributed by atoms with E-state index in [0.717, 1.165) is 25.2 Å². The number of nitrogens with one attached hydrogen (secondary N) is 2. The molecule has 1 saturated heterocycles. The normalized spacial score (nSPS) is 19.9. The lowest BCUT2D eigenvalue weighted by molar-refractivity contribution is 0.0523. The van der Waals surface area contributed by atoms with E-state index in [2.05, 4.69) is 15.6 Å². The number of rotatable bonds is 3. The molecule has 0 radical (unpaired) electrons. The molecule has 5 heteroatoms. The van der Waals surface area contributed by atoms with Gasteiger partial charge in [0.25, 0.3) is 0 Å². The number of esters is 1. The summed E-state index contributed by atoms with van der Waals surface area (Å²) in [4.78, 5) is 15.8. The lowest BCUT2D eigenvalue weighted by Gasteiger charge is -2.26. The van der Waals surface area contributed by atoms with Crippen molar-refractivity contribution in [1.82, 2.24) is 15.6 Å². The Bertz CT molecular complexity index is 389. The first-order valence-corrected chi connectivity index (χ1v) is 5.88. The Hall–Kier alpha value is -1.46. The zero-order chi connectivity index (χ0) is 12.1. The molecule has 1 aliphatic heterocycles. The number of piperazine rings is 1. The number of pyridine rings is 1. The van der Waals surface area contributed by atoms with Crippen molar-refractivity contribution in [2.45, 2.75) is 13.0 Å². The summed E-state index contributed by atoms with van der Waals surface area (Å²) in [6.07, 6.45) is 3.28. The lowest BCUT2D eigenvalue weighted by atomic mass is 10.0. The fraction of sp³-hybridized carbons (Fsp3) is 0.500. The molecule has 92 valence electrons. The molecule has 0 aromatic carbocycles. The maximum absolute atomic E-state index is 11.8. The molecule has 1 aromatic rings. The van der Waals surface area contributed by atoms with Crippen LogP contribution in [0.2, 0.25) is 0 Å². The molecule has 2 rings (SSSR count). The summed E-state index contributed by atoms with van der Waals surface area (Å²) in [7, 11) is 0. The first-order chi connectivity index (χ1) is 8.33. The largest absolute Gasteiger partial charge is 0.462 e. The molecule has 0 aliphatic carbocycles. The van der Waals surface area contributed by atoms with Crippen LogP contribution in [0.25, 0.3) is 0 Å². The van der Waals surface area contributed by atoms with Crippen molar-refractivity contribution in [3.05, 3.63) is 29.6 Å². The third-order valence-corrected chi connectivity index (χ3v) is 2.77. The number of ether oxygens (including phenoxy) is 1. The van der Waals surface area contributed by atoms with Gasteiger partial charge in [-0.25, -0.2) is 4.79 Å². The Morgan fingerprint density at radius 2 is 2.47 bits per heavy atom. The monoisotopic (exact) mass is 235 g/mol. The zero-order valence-electron chi connectivity index (χ0n) is 9.90. The van der Waals surface area contributed by atoms with Crippen LogP contribution in [0.4, 0.5) is 0 Å². The van der Waals surface area contributed by atoms with Crippen LogP contribution >= 0.6 is 0 Å². The Morgan fingerprint density at radius 3 is 3.18 bits per heavy atom. The second-order valence-electron chi connectivity index (χ2n) is 3.89. The summed E-state index contributed by atoms with van der Waals surface area (Å²) in [6.45, 7) is 4.85. The van der Waals surface area contributed by atoms with E-state index in [1.165, 1.54) is 0 Å². The van der Waals surface area contributed by atoms with E-state index in [9.17, 15) is 4.79 Å². The van der Waals surface area contributed by atoms with Gasteiger partial charge in [0.05, 0.1) is 12.2 Å². The molecule has 1 atom stereocenters. The van der Waals surface area contributed by atoms with E-state index in [0.29, 0.717) is 12.2 Å². The Morgan fingerprint density at radius 1 is 1.59 bits per heavy atom. The van der Waals surface area contributed by atoms with Crippen molar-refractivity contribution in [3.8, 4) is 0 Å². The molecule has 2 N–H and O–H groups in total. The highest BCUT2D eigenvalue weighted by Crippen LogP contribution is 2.18. The SMILES string of the molecule is CCOC(=O)c1cnccc1C1CNCCN1. The van der Waals surface area contributed by atoms with Gasteiger partial charge in [-0.15, -0.1) is 0 Å². The van der Waals surface area contributed by atoms with E-state index >= 15 is 0 Å². The summed E-state index contributed by atoms with van der Waals surface area (Å²) in [6, 6.07) is 2.02. The molecule has 1 fully saturated rings. The third kappa shape index (κ3) is 2.81. The van der Waals surface area contributed by atoms with Gasteiger partial charge < -0.3 is 15.4 Å². The van der Waals surface area contributed by atoms with E-state index in [1.807, 2.05) is 6.07 Å². The predicted molar refractivity (Wildman–Crippen MR) is 63.8 cm³/mol. The summed E-state index contributed by atoms with van der Waals surface area (Å²) in [5, 5.41) is 6.67. The first-order valence-electron chi connectivity index (χ1n) is 5.88. The second-order valence-corrected chi connectivity index (χ2v) is 3.89. The summed E-state index contributed by atoms with van der Waals surface area (Å²) >= 11 is 0. The number of carbonyl (C=O) groups is 1. The fourth-order valence-electron chi connectivity index (χ4n) is 1.96. The Kier molecular flexibility index (Phi) is 4.06. The topological polar surface area (TPSA) is 63.2 Å². The quantitative estimate of drug-likeness (QED) is 0.747. The number of aromatic nitrogens is 1. The van der Waals surface area contributed by atoms with E-state index < -0.39 is 0 Å². The van der Waals surface area contributed by atoms with Crippen molar-refractivity contribution in [1.29, 1.82) is 0 Å². The Balaban J connectivity index is 2.23. The maximum atomic E-state index is 11.8. The number of carbonyl (C=O) groups excluding carboxylic acids is 1. The predicted octanol–water partition coefficient (Wildman–Crippen LogP) is 0.492. The van der Waals surface area contributed by atoms with Crippen LogP contribution in [0.3, 0.4) is 0 Å². The lowest BCUT2D eigenvalue weighted by Crippen LogP contribution is -2.43. The fourth-order valence-corrected chi connectivity index (χ4v) is 1.96. The van der Waals surface area contributed by atoms with Gasteiger partial charge in [0.15, 0.2) is 0 Å². The molecule has 0 saturated carbocycles. The summed E-state index contributed by atoms with van der Waals surface area (Å²) < 4.78 is 5.03. The number of hydrogen-bond acceptors (Lipinski definition) is 5. The molecule has 1 aromatic heterocycles. The van der Waals surface area contributed by atoms with Gasteiger partial charge in [-0.1, -0.05) is 0 Å².